The molecular weight excluding hydrogens is 271 g/mol. The third-order valence-corrected chi connectivity index (χ3v) is 3.76. The van der Waals surface area contributed by atoms with Crippen LogP contribution in [0.4, 0.5) is 4.39 Å². The number of nitrogens with two attached hydrogens (primary N) is 1. The minimum Gasteiger partial charge on any atom is -0.447 e. The molecule has 2 aromatic rings. The SMILES string of the molecule is NCc1ccc(S(=O)(=O)NCc2ccc(F)cc2)o1. The summed E-state index contributed by atoms with van der Waals surface area (Å²) in [6, 6.07) is 8.39. The van der Waals surface area contributed by atoms with E-state index in [1.54, 1.807) is 0 Å². The second-order valence-corrected chi connectivity index (χ2v) is 5.57. The van der Waals surface area contributed by atoms with Crippen molar-refractivity contribution in [3.05, 3.63) is 53.5 Å². The molecule has 7 heteroatoms. The van der Waals surface area contributed by atoms with Crippen LogP contribution < -0.4 is 10.5 Å². The summed E-state index contributed by atoms with van der Waals surface area (Å²) >= 11 is 0. The van der Waals surface area contributed by atoms with Crippen molar-refractivity contribution in [1.82, 2.24) is 4.72 Å². The normalized spacial score (nSPS) is 11.7. The Balaban J connectivity index is 2.07. The summed E-state index contributed by atoms with van der Waals surface area (Å²) in [5.74, 6) is 0.0207. The van der Waals surface area contributed by atoms with Crippen molar-refractivity contribution < 1.29 is 17.2 Å². The number of hydrogen-bond donors (Lipinski definition) is 2. The van der Waals surface area contributed by atoms with Gasteiger partial charge in [-0.3, -0.25) is 0 Å². The Bertz CT molecular complexity index is 650. The maximum atomic E-state index is 12.7. The molecular formula is C12H13FN2O3S. The van der Waals surface area contributed by atoms with Crippen molar-refractivity contribution in [3.63, 3.8) is 0 Å². The molecule has 0 saturated carbocycles. The summed E-state index contributed by atoms with van der Waals surface area (Å²) in [7, 11) is -3.72. The van der Waals surface area contributed by atoms with E-state index in [1.165, 1.54) is 36.4 Å². The van der Waals surface area contributed by atoms with Crippen molar-refractivity contribution in [3.8, 4) is 0 Å². The zero-order chi connectivity index (χ0) is 13.9. The average Bonchev–Trinajstić information content (AvgIpc) is 2.88. The number of nitrogens with one attached hydrogen (secondary N) is 1. The van der Waals surface area contributed by atoms with Gasteiger partial charge in [0.25, 0.3) is 10.0 Å². The van der Waals surface area contributed by atoms with Gasteiger partial charge in [-0.05, 0) is 29.8 Å². The molecule has 102 valence electrons. The van der Waals surface area contributed by atoms with Gasteiger partial charge < -0.3 is 10.2 Å². The van der Waals surface area contributed by atoms with Gasteiger partial charge in [-0.1, -0.05) is 12.1 Å². The Kier molecular flexibility index (Phi) is 3.98. The second kappa shape index (κ2) is 5.52. The lowest BCUT2D eigenvalue weighted by Crippen LogP contribution is -2.22. The van der Waals surface area contributed by atoms with Crippen LogP contribution in [0.5, 0.6) is 0 Å². The Hall–Kier alpha value is -1.70. The first kappa shape index (κ1) is 13.7. The molecule has 19 heavy (non-hydrogen) atoms. The summed E-state index contributed by atoms with van der Waals surface area (Å²) < 4.78 is 43.9. The van der Waals surface area contributed by atoms with Gasteiger partial charge in [0.2, 0.25) is 5.09 Å². The Labute approximate surface area is 110 Å². The van der Waals surface area contributed by atoms with E-state index in [2.05, 4.69) is 4.72 Å². The molecule has 5 nitrogen and oxygen atoms in total. The third kappa shape index (κ3) is 3.40. The molecule has 0 aliphatic carbocycles. The van der Waals surface area contributed by atoms with Crippen LogP contribution in [0.15, 0.2) is 45.9 Å². The number of sulfonamides is 1. The monoisotopic (exact) mass is 284 g/mol. The van der Waals surface area contributed by atoms with Gasteiger partial charge in [0.15, 0.2) is 0 Å². The lowest BCUT2D eigenvalue weighted by Gasteiger charge is -2.04. The molecule has 0 radical (unpaired) electrons. The summed E-state index contributed by atoms with van der Waals surface area (Å²) in [5, 5.41) is -0.185. The van der Waals surface area contributed by atoms with Gasteiger partial charge in [-0.15, -0.1) is 0 Å². The first-order valence-electron chi connectivity index (χ1n) is 5.54. The second-order valence-electron chi connectivity index (χ2n) is 3.88. The standard InChI is InChI=1S/C12H13FN2O3S/c13-10-3-1-9(2-4-10)8-15-19(16,17)12-6-5-11(7-14)18-12/h1-6,15H,7-8,14H2. The Morgan fingerprint density at radius 1 is 1.16 bits per heavy atom. The van der Waals surface area contributed by atoms with Crippen molar-refractivity contribution in [1.29, 1.82) is 0 Å². The quantitative estimate of drug-likeness (QED) is 0.868. The van der Waals surface area contributed by atoms with E-state index in [0.717, 1.165) is 0 Å². The predicted molar refractivity (Wildman–Crippen MR) is 67.0 cm³/mol. The van der Waals surface area contributed by atoms with Crippen LogP contribution in [-0.4, -0.2) is 8.42 Å². The van der Waals surface area contributed by atoms with Crippen molar-refractivity contribution in [2.45, 2.75) is 18.2 Å². The number of rotatable bonds is 5. The summed E-state index contributed by atoms with van der Waals surface area (Å²) in [4.78, 5) is 0. The molecule has 0 atom stereocenters. The van der Waals surface area contributed by atoms with E-state index in [1.807, 2.05) is 0 Å². The molecule has 0 aliphatic rings. The maximum absolute atomic E-state index is 12.7. The number of halogens is 1. The molecule has 1 heterocycles. The highest BCUT2D eigenvalue weighted by molar-refractivity contribution is 7.89. The predicted octanol–water partition coefficient (Wildman–Crippen LogP) is 1.36. The fourth-order valence-electron chi connectivity index (χ4n) is 1.46. The summed E-state index contributed by atoms with van der Waals surface area (Å²) in [6.07, 6.45) is 0. The molecule has 0 bridgehead atoms. The van der Waals surface area contributed by atoms with Crippen LogP contribution in [0.3, 0.4) is 0 Å². The minimum atomic E-state index is -3.72. The minimum absolute atomic E-state index is 0.0568. The average molecular weight is 284 g/mol. The van der Waals surface area contributed by atoms with Crippen LogP contribution in [0, 0.1) is 5.82 Å². The topological polar surface area (TPSA) is 85.3 Å². The van der Waals surface area contributed by atoms with Gasteiger partial charge in [0.05, 0.1) is 6.54 Å². The molecule has 0 amide bonds. The highest BCUT2D eigenvalue weighted by Crippen LogP contribution is 2.14. The lowest BCUT2D eigenvalue weighted by atomic mass is 10.2. The molecule has 1 aromatic heterocycles. The van der Waals surface area contributed by atoms with E-state index < -0.39 is 10.0 Å². The van der Waals surface area contributed by atoms with Gasteiger partial charge in [-0.2, -0.15) is 0 Å². The zero-order valence-electron chi connectivity index (χ0n) is 9.97. The van der Waals surface area contributed by atoms with Crippen molar-refractivity contribution in [2.75, 3.05) is 0 Å². The zero-order valence-corrected chi connectivity index (χ0v) is 10.8. The molecule has 0 saturated heterocycles. The van der Waals surface area contributed by atoms with Crippen LogP contribution in [0.2, 0.25) is 0 Å². The van der Waals surface area contributed by atoms with Crippen molar-refractivity contribution in [2.24, 2.45) is 5.73 Å². The van der Waals surface area contributed by atoms with Crippen LogP contribution in [-0.2, 0) is 23.1 Å². The maximum Gasteiger partial charge on any atom is 0.274 e. The molecule has 0 spiro atoms. The highest BCUT2D eigenvalue weighted by Gasteiger charge is 2.18. The number of hydrogen-bond acceptors (Lipinski definition) is 4. The first-order chi connectivity index (χ1) is 9.01. The van der Waals surface area contributed by atoms with Gasteiger partial charge in [0.1, 0.15) is 11.6 Å². The Morgan fingerprint density at radius 3 is 2.42 bits per heavy atom. The molecule has 0 unspecified atom stereocenters. The number of benzene rings is 1. The van der Waals surface area contributed by atoms with Gasteiger partial charge in [0, 0.05) is 6.54 Å². The van der Waals surface area contributed by atoms with E-state index >= 15 is 0 Å². The van der Waals surface area contributed by atoms with E-state index in [4.69, 9.17) is 10.2 Å². The van der Waals surface area contributed by atoms with Gasteiger partial charge in [-0.25, -0.2) is 17.5 Å². The largest absolute Gasteiger partial charge is 0.447 e. The molecule has 1 aromatic carbocycles. The smallest absolute Gasteiger partial charge is 0.274 e. The van der Waals surface area contributed by atoms with Crippen LogP contribution in [0.25, 0.3) is 0 Å². The Morgan fingerprint density at radius 2 is 1.84 bits per heavy atom. The summed E-state index contributed by atoms with van der Waals surface area (Å²) in [6.45, 7) is 0.189. The van der Waals surface area contributed by atoms with Crippen molar-refractivity contribution >= 4 is 10.0 Å². The first-order valence-corrected chi connectivity index (χ1v) is 7.02. The molecule has 0 aliphatic heterocycles. The molecule has 0 fully saturated rings. The van der Waals surface area contributed by atoms with E-state index in [9.17, 15) is 12.8 Å². The lowest BCUT2D eigenvalue weighted by molar-refractivity contribution is 0.412. The highest BCUT2D eigenvalue weighted by atomic mass is 32.2. The fourth-order valence-corrected chi connectivity index (χ4v) is 2.43. The van der Waals surface area contributed by atoms with Crippen LogP contribution in [0.1, 0.15) is 11.3 Å². The summed E-state index contributed by atoms with van der Waals surface area (Å²) in [5.41, 5.74) is 5.99. The molecule has 2 rings (SSSR count). The molecule has 3 N–H and O–H groups in total. The van der Waals surface area contributed by atoms with E-state index in [-0.39, 0.29) is 24.0 Å². The van der Waals surface area contributed by atoms with Gasteiger partial charge >= 0.3 is 0 Å². The van der Waals surface area contributed by atoms with Crippen LogP contribution >= 0.6 is 0 Å². The van der Waals surface area contributed by atoms with E-state index in [0.29, 0.717) is 11.3 Å². The number of furan rings is 1. The third-order valence-electron chi connectivity index (χ3n) is 2.48. The fraction of sp³-hybridized carbons (Fsp3) is 0.167.